The summed E-state index contributed by atoms with van der Waals surface area (Å²) in [7, 11) is 0. The van der Waals surface area contributed by atoms with Crippen molar-refractivity contribution >= 4 is 5.91 Å². The molecular weight excluding hydrogens is 307 g/mol. The van der Waals surface area contributed by atoms with Crippen LogP contribution in [0.2, 0.25) is 0 Å². The highest BCUT2D eigenvalue weighted by molar-refractivity contribution is 5.94. The molecule has 0 bridgehead atoms. The molecule has 120 valence electrons. The molecule has 2 aromatic carbocycles. The van der Waals surface area contributed by atoms with Crippen molar-refractivity contribution in [2.45, 2.75) is 19.4 Å². The maximum Gasteiger partial charge on any atom is 0.254 e. The summed E-state index contributed by atoms with van der Waals surface area (Å²) in [4.78, 5) is 12.2. The largest absolute Gasteiger partial charge is 0.493 e. The molecule has 3 nitrogen and oxygen atoms in total. The van der Waals surface area contributed by atoms with E-state index in [9.17, 15) is 18.0 Å². The molecule has 1 atom stereocenters. The van der Waals surface area contributed by atoms with Crippen LogP contribution in [0, 0.1) is 24.4 Å². The summed E-state index contributed by atoms with van der Waals surface area (Å²) in [5, 5.41) is 2.66. The zero-order chi connectivity index (χ0) is 16.6. The van der Waals surface area contributed by atoms with Crippen LogP contribution in [0.4, 0.5) is 13.2 Å². The molecule has 0 fully saturated rings. The minimum atomic E-state index is -1.65. The number of carbonyl (C=O) groups is 1. The van der Waals surface area contributed by atoms with E-state index in [2.05, 4.69) is 5.32 Å². The number of carbonyl (C=O) groups excluding carboxylic acids is 1. The standard InChI is InChI=1S/C17H14F3NO2/c1-9-2-5-14-11(8-9)13(6-7-23-14)21-17(22)10-3-4-12(18)16(20)15(10)19/h2-5,8,13H,6-7H2,1H3,(H,21,22). The fourth-order valence-corrected chi connectivity index (χ4v) is 2.60. The Morgan fingerprint density at radius 1 is 1.17 bits per heavy atom. The number of halogens is 3. The van der Waals surface area contributed by atoms with Crippen molar-refractivity contribution in [2.75, 3.05) is 6.61 Å². The van der Waals surface area contributed by atoms with E-state index in [1.807, 2.05) is 19.1 Å². The van der Waals surface area contributed by atoms with Gasteiger partial charge in [-0.15, -0.1) is 0 Å². The van der Waals surface area contributed by atoms with Crippen molar-refractivity contribution in [3.8, 4) is 5.75 Å². The van der Waals surface area contributed by atoms with E-state index in [0.717, 1.165) is 23.3 Å². The lowest BCUT2D eigenvalue weighted by Gasteiger charge is -2.27. The second-order valence-corrected chi connectivity index (χ2v) is 5.43. The Morgan fingerprint density at radius 3 is 2.74 bits per heavy atom. The lowest BCUT2D eigenvalue weighted by Crippen LogP contribution is -2.33. The first-order valence-electron chi connectivity index (χ1n) is 7.15. The van der Waals surface area contributed by atoms with Gasteiger partial charge in [-0.2, -0.15) is 0 Å². The van der Waals surface area contributed by atoms with Crippen LogP contribution in [0.3, 0.4) is 0 Å². The fourth-order valence-electron chi connectivity index (χ4n) is 2.60. The van der Waals surface area contributed by atoms with Gasteiger partial charge in [0.1, 0.15) is 5.75 Å². The van der Waals surface area contributed by atoms with Crippen LogP contribution in [0.5, 0.6) is 5.75 Å². The minimum absolute atomic E-state index is 0.376. The highest BCUT2D eigenvalue weighted by Gasteiger charge is 2.26. The van der Waals surface area contributed by atoms with E-state index < -0.39 is 28.9 Å². The first kappa shape index (κ1) is 15.4. The summed E-state index contributed by atoms with van der Waals surface area (Å²) in [6, 6.07) is 6.86. The minimum Gasteiger partial charge on any atom is -0.493 e. The van der Waals surface area contributed by atoms with Gasteiger partial charge in [0.05, 0.1) is 18.2 Å². The van der Waals surface area contributed by atoms with Crippen LogP contribution < -0.4 is 10.1 Å². The molecule has 1 heterocycles. The van der Waals surface area contributed by atoms with Gasteiger partial charge in [-0.1, -0.05) is 17.7 Å². The van der Waals surface area contributed by atoms with Crippen molar-refractivity contribution in [1.29, 1.82) is 0 Å². The lowest BCUT2D eigenvalue weighted by molar-refractivity contribution is 0.0919. The molecule has 0 radical (unpaired) electrons. The average Bonchev–Trinajstić information content (AvgIpc) is 2.53. The molecule has 0 saturated heterocycles. The Kier molecular flexibility index (Phi) is 3.98. The van der Waals surface area contributed by atoms with Crippen LogP contribution in [0.25, 0.3) is 0 Å². The molecule has 0 spiro atoms. The zero-order valence-electron chi connectivity index (χ0n) is 12.3. The topological polar surface area (TPSA) is 38.3 Å². The quantitative estimate of drug-likeness (QED) is 0.857. The molecule has 2 aromatic rings. The number of nitrogens with one attached hydrogen (secondary N) is 1. The van der Waals surface area contributed by atoms with Gasteiger partial charge in [0, 0.05) is 12.0 Å². The number of fused-ring (bicyclic) bond motifs is 1. The Balaban J connectivity index is 1.88. The molecule has 1 N–H and O–H groups in total. The second kappa shape index (κ2) is 5.95. The monoisotopic (exact) mass is 321 g/mol. The lowest BCUT2D eigenvalue weighted by atomic mass is 9.98. The van der Waals surface area contributed by atoms with Gasteiger partial charge in [0.15, 0.2) is 17.5 Å². The summed E-state index contributed by atoms with van der Waals surface area (Å²) in [6.07, 6.45) is 0.507. The van der Waals surface area contributed by atoms with Crippen LogP contribution in [0.1, 0.15) is 33.9 Å². The first-order valence-corrected chi connectivity index (χ1v) is 7.15. The third-order valence-electron chi connectivity index (χ3n) is 3.79. The molecule has 1 aliphatic rings. The van der Waals surface area contributed by atoms with Crippen LogP contribution in [-0.2, 0) is 0 Å². The number of aryl methyl sites for hydroxylation is 1. The Bertz CT molecular complexity index is 777. The van der Waals surface area contributed by atoms with Gasteiger partial charge in [-0.25, -0.2) is 13.2 Å². The number of benzene rings is 2. The predicted octanol–water partition coefficient (Wildman–Crippen LogP) is 3.67. The third-order valence-corrected chi connectivity index (χ3v) is 3.79. The maximum atomic E-state index is 13.7. The van der Waals surface area contributed by atoms with Gasteiger partial charge in [-0.3, -0.25) is 4.79 Å². The molecule has 0 aromatic heterocycles. The van der Waals surface area contributed by atoms with Crippen molar-refractivity contribution in [3.63, 3.8) is 0 Å². The van der Waals surface area contributed by atoms with Gasteiger partial charge in [-0.05, 0) is 25.1 Å². The number of rotatable bonds is 2. The van der Waals surface area contributed by atoms with E-state index >= 15 is 0 Å². The molecule has 23 heavy (non-hydrogen) atoms. The smallest absolute Gasteiger partial charge is 0.254 e. The predicted molar refractivity (Wildman–Crippen MR) is 77.8 cm³/mol. The van der Waals surface area contributed by atoms with Crippen molar-refractivity contribution in [2.24, 2.45) is 0 Å². The van der Waals surface area contributed by atoms with E-state index in [-0.39, 0.29) is 6.04 Å². The Hall–Kier alpha value is -2.50. The number of hydrogen-bond donors (Lipinski definition) is 1. The molecular formula is C17H14F3NO2. The maximum absolute atomic E-state index is 13.7. The fraction of sp³-hybridized carbons (Fsp3) is 0.235. The zero-order valence-corrected chi connectivity index (χ0v) is 12.3. The number of hydrogen-bond acceptors (Lipinski definition) is 2. The molecule has 0 saturated carbocycles. The highest BCUT2D eigenvalue weighted by Crippen LogP contribution is 2.33. The first-order chi connectivity index (χ1) is 11.0. The number of ether oxygens (including phenoxy) is 1. The van der Waals surface area contributed by atoms with Crippen molar-refractivity contribution in [1.82, 2.24) is 5.32 Å². The summed E-state index contributed by atoms with van der Waals surface area (Å²) >= 11 is 0. The van der Waals surface area contributed by atoms with E-state index in [1.54, 1.807) is 6.07 Å². The SMILES string of the molecule is Cc1ccc2c(c1)C(NC(=O)c1ccc(F)c(F)c1F)CCO2. The van der Waals surface area contributed by atoms with Crippen LogP contribution in [0.15, 0.2) is 30.3 Å². The number of amides is 1. The third kappa shape index (κ3) is 2.88. The summed E-state index contributed by atoms with van der Waals surface area (Å²) in [5.41, 5.74) is 1.25. The Labute approximate surface area is 131 Å². The average molecular weight is 321 g/mol. The molecule has 1 amide bonds. The molecule has 1 aliphatic heterocycles. The van der Waals surface area contributed by atoms with Crippen LogP contribution in [-0.4, -0.2) is 12.5 Å². The van der Waals surface area contributed by atoms with Crippen LogP contribution >= 0.6 is 0 Å². The van der Waals surface area contributed by atoms with Crippen molar-refractivity contribution < 1.29 is 22.7 Å². The van der Waals surface area contributed by atoms with E-state index in [0.29, 0.717) is 18.8 Å². The van der Waals surface area contributed by atoms with Gasteiger partial charge in [0.25, 0.3) is 5.91 Å². The molecule has 1 unspecified atom stereocenters. The second-order valence-electron chi connectivity index (χ2n) is 5.43. The van der Waals surface area contributed by atoms with Gasteiger partial charge in [0.2, 0.25) is 0 Å². The van der Waals surface area contributed by atoms with Gasteiger partial charge < -0.3 is 10.1 Å². The molecule has 3 rings (SSSR count). The van der Waals surface area contributed by atoms with Crippen molar-refractivity contribution in [3.05, 3.63) is 64.5 Å². The molecule has 0 aliphatic carbocycles. The summed E-state index contributed by atoms with van der Waals surface area (Å²) in [6.45, 7) is 2.31. The summed E-state index contributed by atoms with van der Waals surface area (Å²) in [5.74, 6) is -4.61. The Morgan fingerprint density at radius 2 is 1.96 bits per heavy atom. The normalized spacial score (nSPS) is 16.4. The highest BCUT2D eigenvalue weighted by atomic mass is 19.2. The van der Waals surface area contributed by atoms with Gasteiger partial charge >= 0.3 is 0 Å². The summed E-state index contributed by atoms with van der Waals surface area (Å²) < 4.78 is 45.5. The van der Waals surface area contributed by atoms with E-state index in [4.69, 9.17) is 4.74 Å². The van der Waals surface area contributed by atoms with E-state index in [1.165, 1.54) is 0 Å². The molecule has 6 heteroatoms.